The van der Waals surface area contributed by atoms with E-state index in [1.54, 1.807) is 18.9 Å². The molecule has 0 aromatic heterocycles. The molecule has 1 unspecified atom stereocenters. The van der Waals surface area contributed by atoms with Gasteiger partial charge in [0.25, 0.3) is 0 Å². The summed E-state index contributed by atoms with van der Waals surface area (Å²) in [6.07, 6.45) is 0. The van der Waals surface area contributed by atoms with E-state index in [9.17, 15) is 4.79 Å². The summed E-state index contributed by atoms with van der Waals surface area (Å²) in [6.45, 7) is 6.85. The van der Waals surface area contributed by atoms with Crippen molar-refractivity contribution in [1.29, 1.82) is 5.26 Å². The van der Waals surface area contributed by atoms with Gasteiger partial charge in [-0.2, -0.15) is 5.26 Å². The van der Waals surface area contributed by atoms with E-state index in [0.717, 1.165) is 0 Å². The van der Waals surface area contributed by atoms with Crippen LogP contribution >= 0.6 is 0 Å². The Labute approximate surface area is 85.9 Å². The minimum atomic E-state index is -0.242. The second kappa shape index (κ2) is 6.39. The summed E-state index contributed by atoms with van der Waals surface area (Å²) in [7, 11) is 1.77. The molecule has 0 aliphatic carbocycles. The molecule has 0 aliphatic heterocycles. The number of carbonyl (C=O) groups is 1. The Morgan fingerprint density at radius 2 is 2.07 bits per heavy atom. The lowest BCUT2D eigenvalue weighted by Gasteiger charge is -2.21. The molecule has 1 amide bonds. The first kappa shape index (κ1) is 12.9. The van der Waals surface area contributed by atoms with Gasteiger partial charge in [0.2, 0.25) is 5.91 Å². The average Bonchev–Trinajstić information content (AvgIpc) is 2.13. The van der Waals surface area contributed by atoms with E-state index in [-0.39, 0.29) is 18.5 Å². The molecule has 80 valence electrons. The normalized spacial score (nSPS) is 12.6. The average molecular weight is 197 g/mol. The molecule has 0 fully saturated rings. The summed E-state index contributed by atoms with van der Waals surface area (Å²) in [5, 5.41) is 11.3. The van der Waals surface area contributed by atoms with Crippen LogP contribution in [0.4, 0.5) is 0 Å². The summed E-state index contributed by atoms with van der Waals surface area (Å²) in [5.41, 5.74) is 0. The summed E-state index contributed by atoms with van der Waals surface area (Å²) in [5.74, 6) is 0.434. The Balaban J connectivity index is 3.93. The van der Waals surface area contributed by atoms with Gasteiger partial charge in [-0.1, -0.05) is 13.8 Å². The fourth-order valence-corrected chi connectivity index (χ4v) is 0.901. The fraction of sp³-hybridized carbons (Fsp3) is 0.800. The van der Waals surface area contributed by atoms with Crippen LogP contribution in [0.5, 0.6) is 0 Å². The van der Waals surface area contributed by atoms with E-state index in [1.807, 2.05) is 19.9 Å². The zero-order chi connectivity index (χ0) is 11.1. The van der Waals surface area contributed by atoms with Gasteiger partial charge in [0, 0.05) is 6.54 Å². The van der Waals surface area contributed by atoms with Crippen LogP contribution in [0.3, 0.4) is 0 Å². The fourth-order valence-electron chi connectivity index (χ4n) is 0.901. The summed E-state index contributed by atoms with van der Waals surface area (Å²) >= 11 is 0. The topological polar surface area (TPSA) is 56.1 Å². The number of likely N-dealkylation sites (N-methyl/N-ethyl adjacent to an activating group) is 1. The molecular weight excluding hydrogens is 178 g/mol. The van der Waals surface area contributed by atoms with Crippen molar-refractivity contribution in [1.82, 2.24) is 10.2 Å². The molecule has 14 heavy (non-hydrogen) atoms. The first-order valence-electron chi connectivity index (χ1n) is 4.84. The number of rotatable bonds is 5. The molecule has 0 aliphatic rings. The monoisotopic (exact) mass is 197 g/mol. The third kappa shape index (κ3) is 4.83. The van der Waals surface area contributed by atoms with Crippen molar-refractivity contribution in [3.8, 4) is 6.07 Å². The highest BCUT2D eigenvalue weighted by molar-refractivity contribution is 5.81. The first-order chi connectivity index (χ1) is 6.49. The molecule has 0 saturated heterocycles. The second-order valence-electron chi connectivity index (χ2n) is 3.89. The van der Waals surface area contributed by atoms with Gasteiger partial charge >= 0.3 is 0 Å². The molecule has 0 saturated carbocycles. The second-order valence-corrected chi connectivity index (χ2v) is 3.89. The SMILES string of the molecule is CC(C)CNC(=O)C(C)N(C)CC#N. The highest BCUT2D eigenvalue weighted by Gasteiger charge is 2.16. The van der Waals surface area contributed by atoms with E-state index in [1.165, 1.54) is 0 Å². The van der Waals surface area contributed by atoms with Crippen LogP contribution in [-0.4, -0.2) is 37.0 Å². The predicted octanol–water partition coefficient (Wildman–Crippen LogP) is 0.602. The number of nitrogens with zero attached hydrogens (tertiary/aromatic N) is 2. The molecule has 0 rings (SSSR count). The Hall–Kier alpha value is -1.08. The molecular formula is C10H19N3O. The van der Waals surface area contributed by atoms with Gasteiger partial charge in [-0.3, -0.25) is 9.69 Å². The number of nitriles is 1. The van der Waals surface area contributed by atoms with Gasteiger partial charge in [-0.15, -0.1) is 0 Å². The van der Waals surface area contributed by atoms with Crippen LogP contribution in [0.25, 0.3) is 0 Å². The largest absolute Gasteiger partial charge is 0.354 e. The summed E-state index contributed by atoms with van der Waals surface area (Å²) < 4.78 is 0. The lowest BCUT2D eigenvalue weighted by molar-refractivity contribution is -0.125. The highest BCUT2D eigenvalue weighted by atomic mass is 16.2. The number of hydrogen-bond acceptors (Lipinski definition) is 3. The van der Waals surface area contributed by atoms with E-state index < -0.39 is 0 Å². The van der Waals surface area contributed by atoms with E-state index in [2.05, 4.69) is 5.32 Å². The minimum absolute atomic E-state index is 0.0172. The van der Waals surface area contributed by atoms with Crippen molar-refractivity contribution < 1.29 is 4.79 Å². The quantitative estimate of drug-likeness (QED) is 0.657. The lowest BCUT2D eigenvalue weighted by atomic mass is 10.2. The third-order valence-corrected chi connectivity index (χ3v) is 2.05. The molecule has 0 radical (unpaired) electrons. The van der Waals surface area contributed by atoms with E-state index in [4.69, 9.17) is 5.26 Å². The van der Waals surface area contributed by atoms with Gasteiger partial charge in [0.05, 0.1) is 18.7 Å². The number of amides is 1. The van der Waals surface area contributed by atoms with Crippen molar-refractivity contribution in [3.05, 3.63) is 0 Å². The third-order valence-electron chi connectivity index (χ3n) is 2.05. The Bertz CT molecular complexity index is 220. The number of hydrogen-bond donors (Lipinski definition) is 1. The van der Waals surface area contributed by atoms with Crippen LogP contribution in [-0.2, 0) is 4.79 Å². The summed E-state index contributed by atoms with van der Waals surface area (Å²) in [6, 6.07) is 1.77. The Morgan fingerprint density at radius 1 is 1.50 bits per heavy atom. The Kier molecular flexibility index (Phi) is 5.89. The molecule has 4 heteroatoms. The maximum Gasteiger partial charge on any atom is 0.237 e. The van der Waals surface area contributed by atoms with Gasteiger partial charge < -0.3 is 5.32 Å². The van der Waals surface area contributed by atoms with Crippen molar-refractivity contribution in [2.75, 3.05) is 20.1 Å². The van der Waals surface area contributed by atoms with Gasteiger partial charge in [-0.25, -0.2) is 0 Å². The maximum absolute atomic E-state index is 11.5. The van der Waals surface area contributed by atoms with E-state index >= 15 is 0 Å². The molecule has 0 bridgehead atoms. The highest BCUT2D eigenvalue weighted by Crippen LogP contribution is 1.95. The molecule has 1 atom stereocenters. The van der Waals surface area contributed by atoms with Crippen LogP contribution in [0, 0.1) is 17.2 Å². The molecule has 1 N–H and O–H groups in total. The standard InChI is InChI=1S/C10H19N3O/c1-8(2)7-12-10(14)9(3)13(4)6-5-11/h8-9H,6-7H2,1-4H3,(H,12,14). The zero-order valence-corrected chi connectivity index (χ0v) is 9.37. The smallest absolute Gasteiger partial charge is 0.237 e. The van der Waals surface area contributed by atoms with Crippen LogP contribution < -0.4 is 5.32 Å². The predicted molar refractivity (Wildman–Crippen MR) is 55.6 cm³/mol. The van der Waals surface area contributed by atoms with Crippen LogP contribution in [0.15, 0.2) is 0 Å². The van der Waals surface area contributed by atoms with Gasteiger partial charge in [0.1, 0.15) is 0 Å². The molecule has 0 aromatic rings. The van der Waals surface area contributed by atoms with Crippen molar-refractivity contribution in [2.45, 2.75) is 26.8 Å². The zero-order valence-electron chi connectivity index (χ0n) is 9.37. The minimum Gasteiger partial charge on any atom is -0.354 e. The van der Waals surface area contributed by atoms with Crippen molar-refractivity contribution in [2.24, 2.45) is 5.92 Å². The molecule has 0 spiro atoms. The van der Waals surface area contributed by atoms with E-state index in [0.29, 0.717) is 12.5 Å². The number of nitrogens with one attached hydrogen (secondary N) is 1. The molecule has 0 heterocycles. The first-order valence-corrected chi connectivity index (χ1v) is 4.84. The molecule has 4 nitrogen and oxygen atoms in total. The number of carbonyl (C=O) groups excluding carboxylic acids is 1. The summed E-state index contributed by atoms with van der Waals surface area (Å²) in [4.78, 5) is 13.2. The van der Waals surface area contributed by atoms with Crippen LogP contribution in [0.1, 0.15) is 20.8 Å². The Morgan fingerprint density at radius 3 is 2.50 bits per heavy atom. The lowest BCUT2D eigenvalue weighted by Crippen LogP contribution is -2.44. The van der Waals surface area contributed by atoms with Crippen LogP contribution in [0.2, 0.25) is 0 Å². The van der Waals surface area contributed by atoms with Gasteiger partial charge in [-0.05, 0) is 19.9 Å². The molecule has 0 aromatic carbocycles. The van der Waals surface area contributed by atoms with Crippen molar-refractivity contribution in [3.63, 3.8) is 0 Å². The van der Waals surface area contributed by atoms with Gasteiger partial charge in [0.15, 0.2) is 0 Å². The van der Waals surface area contributed by atoms with Crippen molar-refractivity contribution >= 4 is 5.91 Å². The maximum atomic E-state index is 11.5.